The Morgan fingerprint density at radius 2 is 1.29 bits per heavy atom. The van der Waals surface area contributed by atoms with Crippen molar-refractivity contribution in [2.75, 3.05) is 0 Å². The van der Waals surface area contributed by atoms with E-state index in [0.717, 1.165) is 0 Å². The molecule has 0 fully saturated rings. The van der Waals surface area contributed by atoms with Crippen LogP contribution in [-0.2, 0) is 38.3 Å². The molecule has 0 saturated heterocycles. The molecular formula is HCoLiMnO3Si. The molecule has 0 heterocycles. The minimum Gasteiger partial charge on any atom is 0 e. The van der Waals surface area contributed by atoms with Crippen LogP contribution in [0.5, 0.6) is 0 Å². The monoisotopic (exact) mass is 198 g/mol. The summed E-state index contributed by atoms with van der Waals surface area (Å²) >= 11 is 0. The van der Waals surface area contributed by atoms with E-state index in [4.69, 9.17) is 14.1 Å². The van der Waals surface area contributed by atoms with E-state index < -0.39 is 9.17 Å². The van der Waals surface area contributed by atoms with Crippen LogP contribution in [-0.4, -0.2) is 28.0 Å². The summed E-state index contributed by atoms with van der Waals surface area (Å²) < 4.78 is 8.52. The maximum atomic E-state index is 8.52. The van der Waals surface area contributed by atoms with Crippen molar-refractivity contribution in [3.05, 3.63) is 0 Å². The topological polar surface area (TPSA) is 63.2 Å². The van der Waals surface area contributed by atoms with Crippen molar-refractivity contribution in [1.82, 2.24) is 0 Å². The summed E-state index contributed by atoms with van der Waals surface area (Å²) in [6.45, 7) is 0. The Morgan fingerprint density at radius 1 is 1.29 bits per heavy atom. The van der Waals surface area contributed by atoms with Crippen LogP contribution in [0.15, 0.2) is 0 Å². The minimum absolute atomic E-state index is 0. The molecule has 0 aliphatic heterocycles. The average Bonchev–Trinajstić information content (AvgIpc) is 0.811. The van der Waals surface area contributed by atoms with Gasteiger partial charge in [0.2, 0.25) is 0 Å². The first-order valence-electron chi connectivity index (χ1n) is 0.612. The fourth-order valence-electron chi connectivity index (χ4n) is 0. The van der Waals surface area contributed by atoms with Gasteiger partial charge >= 0.3 is 35.6 Å². The molecule has 0 aliphatic rings. The van der Waals surface area contributed by atoms with E-state index in [1.165, 1.54) is 0 Å². The Kier molecular flexibility index (Phi) is 53.8. The van der Waals surface area contributed by atoms with Crippen LogP contribution in [0.2, 0.25) is 0 Å². The molecule has 0 unspecified atom stereocenters. The summed E-state index contributed by atoms with van der Waals surface area (Å²) in [6, 6.07) is 0. The van der Waals surface area contributed by atoms with Gasteiger partial charge in [-0.3, -0.25) is 0 Å². The molecule has 0 bridgehead atoms. The van der Waals surface area contributed by atoms with Gasteiger partial charge in [-0.1, -0.05) is 0 Å². The van der Waals surface area contributed by atoms with Crippen molar-refractivity contribution in [2.24, 2.45) is 0 Å². The fourth-order valence-corrected chi connectivity index (χ4v) is 0. The zero-order valence-corrected chi connectivity index (χ0v) is 5.66. The zero-order chi connectivity index (χ0) is 3.58. The van der Waals surface area contributed by atoms with E-state index in [9.17, 15) is 0 Å². The van der Waals surface area contributed by atoms with E-state index in [1.54, 1.807) is 0 Å². The van der Waals surface area contributed by atoms with Gasteiger partial charge in [-0.15, -0.1) is 0 Å². The Bertz CT molecular complexity index is 37.9. The third-order valence-corrected chi connectivity index (χ3v) is 0. The summed E-state index contributed by atoms with van der Waals surface area (Å²) in [7, 11) is -3.63. The molecule has 0 aromatic heterocycles. The van der Waals surface area contributed by atoms with Gasteiger partial charge in [-0.05, 0) is 0 Å². The molecule has 2 radical (unpaired) electrons. The van der Waals surface area contributed by atoms with Crippen molar-refractivity contribution in [1.29, 1.82) is 0 Å². The summed E-state index contributed by atoms with van der Waals surface area (Å²) in [5.74, 6) is 0. The Hall–Kier alpha value is 1.24. The van der Waals surface area contributed by atoms with Crippen LogP contribution < -0.4 is 9.59 Å². The summed E-state index contributed by atoms with van der Waals surface area (Å²) in [6.07, 6.45) is 0. The number of hydrogen-bond acceptors (Lipinski definition) is 3. The molecule has 0 aromatic carbocycles. The van der Waals surface area contributed by atoms with Gasteiger partial charge < -0.3 is 14.1 Å². The second-order valence-electron chi connectivity index (χ2n) is 0.250. The SMILES string of the molecule is O=[Si]([O-])[O-].[Co+2].[LiH].[Mn]. The molecule has 3 nitrogen and oxygen atoms in total. The maximum Gasteiger partial charge on any atom is 0 e. The van der Waals surface area contributed by atoms with Gasteiger partial charge in [0, 0.05) is 26.2 Å². The quantitative estimate of drug-likeness (QED) is 0.379. The molecule has 0 saturated carbocycles. The molecule has 7 heavy (non-hydrogen) atoms. The molecule has 0 spiro atoms. The van der Waals surface area contributed by atoms with Crippen molar-refractivity contribution in [2.45, 2.75) is 0 Å². The second kappa shape index (κ2) is 15.7. The zero-order valence-electron chi connectivity index (χ0n) is 2.44. The van der Waals surface area contributed by atoms with Crippen LogP contribution in [0, 0.1) is 0 Å². The fraction of sp³-hybridized carbons (Fsp3) is 0. The van der Waals surface area contributed by atoms with Crippen molar-refractivity contribution >= 4 is 28.0 Å². The van der Waals surface area contributed by atoms with Gasteiger partial charge in [0.05, 0.1) is 0 Å². The standard InChI is InChI=1S/Co.Li.Mn.O3Si.H/c;;;1-4(2)3;/q+2;;;-2;. The minimum atomic E-state index is -3.63. The molecule has 0 N–H and O–H groups in total. The van der Waals surface area contributed by atoms with E-state index in [-0.39, 0.29) is 52.7 Å². The molecule has 0 amide bonds. The Balaban J connectivity index is -0.0000000150. The number of rotatable bonds is 0. The second-order valence-corrected chi connectivity index (χ2v) is 0.750. The molecule has 0 rings (SSSR count). The van der Waals surface area contributed by atoms with Crippen molar-refractivity contribution < 1.29 is 47.9 Å². The molecular weight excluding hydrogens is 197 g/mol. The van der Waals surface area contributed by atoms with Crippen LogP contribution in [0.25, 0.3) is 0 Å². The van der Waals surface area contributed by atoms with Crippen LogP contribution in [0.1, 0.15) is 0 Å². The predicted molar refractivity (Wildman–Crippen MR) is 13.6 cm³/mol. The van der Waals surface area contributed by atoms with E-state index in [2.05, 4.69) is 0 Å². The smallest absolute Gasteiger partial charge is 0 e. The first kappa shape index (κ1) is 24.0. The Morgan fingerprint density at radius 3 is 1.29 bits per heavy atom. The van der Waals surface area contributed by atoms with Gasteiger partial charge in [0.25, 0.3) is 0 Å². The van der Waals surface area contributed by atoms with Crippen LogP contribution >= 0.6 is 0 Å². The van der Waals surface area contributed by atoms with E-state index in [0.29, 0.717) is 0 Å². The van der Waals surface area contributed by atoms with Gasteiger partial charge in [0.1, 0.15) is 0 Å². The molecule has 0 atom stereocenters. The van der Waals surface area contributed by atoms with Crippen molar-refractivity contribution in [3.8, 4) is 0 Å². The molecule has 7 heteroatoms. The summed E-state index contributed by atoms with van der Waals surface area (Å²) in [5.41, 5.74) is 0. The first-order valence-corrected chi connectivity index (χ1v) is 1.84. The number of hydrogen-bond donors (Lipinski definition) is 0. The van der Waals surface area contributed by atoms with Gasteiger partial charge in [0.15, 0.2) is 0 Å². The van der Waals surface area contributed by atoms with E-state index >= 15 is 0 Å². The van der Waals surface area contributed by atoms with Gasteiger partial charge in [-0.25, -0.2) is 0 Å². The van der Waals surface area contributed by atoms with Crippen LogP contribution in [0.3, 0.4) is 0 Å². The Labute approximate surface area is 75.6 Å². The molecule has 0 aromatic rings. The van der Waals surface area contributed by atoms with Gasteiger partial charge in [-0.2, -0.15) is 0 Å². The van der Waals surface area contributed by atoms with Crippen LogP contribution in [0.4, 0.5) is 0 Å². The molecule has 0 aliphatic carbocycles. The first-order chi connectivity index (χ1) is 1.73. The maximum absolute atomic E-state index is 8.52. The summed E-state index contributed by atoms with van der Waals surface area (Å²) in [4.78, 5) is 17.0. The van der Waals surface area contributed by atoms with Crippen molar-refractivity contribution in [3.63, 3.8) is 0 Å². The predicted octanol–water partition coefficient (Wildman–Crippen LogP) is -3.53. The third kappa shape index (κ3) is 129. The summed E-state index contributed by atoms with van der Waals surface area (Å²) in [5, 5.41) is 0. The normalized spacial score (nSPS) is 3.43. The molecule has 40 valence electrons. The largest absolute Gasteiger partial charge is 0 e. The average molecular weight is 198 g/mol. The van der Waals surface area contributed by atoms with E-state index in [1.807, 2.05) is 0 Å². The third-order valence-electron chi connectivity index (χ3n) is 0.